The van der Waals surface area contributed by atoms with E-state index in [0.29, 0.717) is 24.7 Å². The molecule has 1 rings (SSSR count). The fourth-order valence-electron chi connectivity index (χ4n) is 2.51. The molecule has 0 aromatic carbocycles. The number of halogens is 1. The Morgan fingerprint density at radius 3 is 2.52 bits per heavy atom. The third-order valence-electron chi connectivity index (χ3n) is 3.58. The Morgan fingerprint density at radius 1 is 1.26 bits per heavy atom. The molecule has 1 aromatic rings. The lowest BCUT2D eigenvalue weighted by Crippen LogP contribution is -2.47. The summed E-state index contributed by atoms with van der Waals surface area (Å²) < 4.78 is 13.6. The number of aliphatic hydroxyl groups is 1. The summed E-state index contributed by atoms with van der Waals surface area (Å²) in [5, 5.41) is 16.9. The average molecular weight is 324 g/mol. The first-order chi connectivity index (χ1) is 11.0. The molecule has 23 heavy (non-hydrogen) atoms. The van der Waals surface area contributed by atoms with Gasteiger partial charge in [-0.3, -0.25) is 4.98 Å². The molecule has 0 aliphatic heterocycles. The van der Waals surface area contributed by atoms with Crippen molar-refractivity contribution in [2.75, 3.05) is 13.1 Å². The van der Waals surface area contributed by atoms with Gasteiger partial charge < -0.3 is 15.7 Å². The first kappa shape index (κ1) is 19.4. The number of hydrogen-bond donors (Lipinski definition) is 3. The number of hydrogen-bond acceptors (Lipinski definition) is 3. The molecular formula is C17H29FN4O. The van der Waals surface area contributed by atoms with Crippen LogP contribution in [0.2, 0.25) is 0 Å². The summed E-state index contributed by atoms with van der Waals surface area (Å²) in [4.78, 5) is 8.34. The van der Waals surface area contributed by atoms with Gasteiger partial charge in [-0.05, 0) is 31.9 Å². The molecule has 5 nitrogen and oxygen atoms in total. The zero-order valence-corrected chi connectivity index (χ0v) is 14.4. The van der Waals surface area contributed by atoms with Crippen molar-refractivity contribution in [3.05, 3.63) is 29.8 Å². The highest BCUT2D eigenvalue weighted by Crippen LogP contribution is 2.18. The molecule has 130 valence electrons. The van der Waals surface area contributed by atoms with Crippen LogP contribution in [0.5, 0.6) is 0 Å². The summed E-state index contributed by atoms with van der Waals surface area (Å²) in [5.41, 5.74) is -0.433. The topological polar surface area (TPSA) is 69.5 Å². The van der Waals surface area contributed by atoms with E-state index in [1.807, 2.05) is 6.92 Å². The molecule has 0 fully saturated rings. The van der Waals surface area contributed by atoms with E-state index in [1.165, 1.54) is 6.07 Å². The third kappa shape index (κ3) is 6.95. The van der Waals surface area contributed by atoms with E-state index in [4.69, 9.17) is 0 Å². The fraction of sp³-hybridized carbons (Fsp3) is 0.647. The molecular weight excluding hydrogens is 295 g/mol. The van der Waals surface area contributed by atoms with E-state index in [9.17, 15) is 9.50 Å². The lowest BCUT2D eigenvalue weighted by molar-refractivity contribution is 0.0257. The van der Waals surface area contributed by atoms with Gasteiger partial charge in [-0.15, -0.1) is 0 Å². The maximum absolute atomic E-state index is 13.6. The molecule has 0 saturated carbocycles. The Balaban J connectivity index is 2.70. The van der Waals surface area contributed by atoms with Crippen molar-refractivity contribution in [3.63, 3.8) is 0 Å². The van der Waals surface area contributed by atoms with Crippen LogP contribution >= 0.6 is 0 Å². The smallest absolute Gasteiger partial charge is 0.191 e. The monoisotopic (exact) mass is 324 g/mol. The molecule has 0 atom stereocenters. The highest BCUT2D eigenvalue weighted by molar-refractivity contribution is 5.79. The number of rotatable bonds is 9. The molecule has 0 unspecified atom stereocenters. The Hall–Kier alpha value is -1.69. The number of pyridine rings is 1. The zero-order chi connectivity index (χ0) is 17.1. The van der Waals surface area contributed by atoms with E-state index >= 15 is 0 Å². The normalized spacial score (nSPS) is 12.3. The van der Waals surface area contributed by atoms with E-state index in [-0.39, 0.29) is 12.4 Å². The average Bonchev–Trinajstić information content (AvgIpc) is 2.52. The van der Waals surface area contributed by atoms with Gasteiger partial charge in [0.2, 0.25) is 0 Å². The first-order valence-electron chi connectivity index (χ1n) is 8.38. The molecule has 0 amide bonds. The maximum Gasteiger partial charge on any atom is 0.191 e. The fourth-order valence-corrected chi connectivity index (χ4v) is 2.51. The quantitative estimate of drug-likeness (QED) is 0.482. The van der Waals surface area contributed by atoms with Crippen molar-refractivity contribution in [1.29, 1.82) is 0 Å². The van der Waals surface area contributed by atoms with Crippen LogP contribution in [0.3, 0.4) is 0 Å². The van der Waals surface area contributed by atoms with Crippen LogP contribution in [0.4, 0.5) is 4.39 Å². The van der Waals surface area contributed by atoms with Crippen molar-refractivity contribution in [2.45, 2.75) is 58.6 Å². The molecule has 0 bridgehead atoms. The largest absolute Gasteiger partial charge is 0.388 e. The van der Waals surface area contributed by atoms with E-state index in [2.05, 4.69) is 34.5 Å². The molecule has 0 spiro atoms. The minimum Gasteiger partial charge on any atom is -0.388 e. The van der Waals surface area contributed by atoms with Gasteiger partial charge in [0.1, 0.15) is 5.82 Å². The van der Waals surface area contributed by atoms with Gasteiger partial charge in [-0.2, -0.15) is 0 Å². The molecule has 0 radical (unpaired) electrons. The summed E-state index contributed by atoms with van der Waals surface area (Å²) in [5.74, 6) is 0.198. The minimum atomic E-state index is -0.740. The summed E-state index contributed by atoms with van der Waals surface area (Å²) >= 11 is 0. The predicted molar refractivity (Wildman–Crippen MR) is 91.8 cm³/mol. The minimum absolute atomic E-state index is 0.155. The van der Waals surface area contributed by atoms with E-state index in [1.54, 1.807) is 12.3 Å². The highest BCUT2D eigenvalue weighted by Gasteiger charge is 2.24. The number of aromatic nitrogens is 1. The second-order valence-electron chi connectivity index (χ2n) is 5.70. The third-order valence-corrected chi connectivity index (χ3v) is 3.58. The number of nitrogens with one attached hydrogen (secondary N) is 2. The van der Waals surface area contributed by atoms with Gasteiger partial charge in [-0.25, -0.2) is 9.38 Å². The van der Waals surface area contributed by atoms with Gasteiger partial charge in [0.25, 0.3) is 0 Å². The molecule has 6 heteroatoms. The van der Waals surface area contributed by atoms with Crippen LogP contribution in [0, 0.1) is 5.82 Å². The second-order valence-corrected chi connectivity index (χ2v) is 5.70. The Morgan fingerprint density at radius 2 is 1.96 bits per heavy atom. The Kier molecular flexibility index (Phi) is 8.55. The molecule has 3 N–H and O–H groups in total. The molecule has 1 aromatic heterocycles. The van der Waals surface area contributed by atoms with Crippen LogP contribution in [-0.2, 0) is 6.54 Å². The van der Waals surface area contributed by atoms with Crippen LogP contribution in [0.25, 0.3) is 0 Å². The lowest BCUT2D eigenvalue weighted by atomic mass is 9.93. The number of nitrogens with zero attached hydrogens (tertiary/aromatic N) is 2. The highest BCUT2D eigenvalue weighted by atomic mass is 19.1. The van der Waals surface area contributed by atoms with Gasteiger partial charge in [-0.1, -0.05) is 26.7 Å². The lowest BCUT2D eigenvalue weighted by Gasteiger charge is -2.28. The molecule has 0 saturated heterocycles. The summed E-state index contributed by atoms with van der Waals surface area (Å²) in [7, 11) is 0. The standard InChI is InChI=1S/C17H29FN4O/c1-4-9-17(23,10-5-2)13-22-16(19-6-3)21-12-15-14(18)8-7-11-20-15/h7-8,11,23H,4-6,9-10,12-13H2,1-3H3,(H2,19,21,22). The molecule has 0 aliphatic carbocycles. The number of aliphatic imine (C=N–C) groups is 1. The second kappa shape index (κ2) is 10.2. The van der Waals surface area contributed by atoms with Crippen LogP contribution < -0.4 is 10.6 Å². The summed E-state index contributed by atoms with van der Waals surface area (Å²) in [6.45, 7) is 7.35. The van der Waals surface area contributed by atoms with E-state index in [0.717, 1.165) is 25.7 Å². The Labute approximate surface area is 138 Å². The first-order valence-corrected chi connectivity index (χ1v) is 8.38. The van der Waals surface area contributed by atoms with Crippen LogP contribution in [-0.4, -0.2) is 34.7 Å². The SMILES string of the molecule is CCCC(O)(CCC)CNC(=NCc1ncccc1F)NCC. The molecule has 1 heterocycles. The van der Waals surface area contributed by atoms with E-state index < -0.39 is 5.60 Å². The van der Waals surface area contributed by atoms with Crippen LogP contribution in [0.1, 0.15) is 52.1 Å². The van der Waals surface area contributed by atoms with Crippen molar-refractivity contribution in [2.24, 2.45) is 4.99 Å². The van der Waals surface area contributed by atoms with Gasteiger partial charge >= 0.3 is 0 Å². The summed E-state index contributed by atoms with van der Waals surface area (Å²) in [6.07, 6.45) is 4.87. The van der Waals surface area contributed by atoms with Gasteiger partial charge in [0.15, 0.2) is 5.96 Å². The van der Waals surface area contributed by atoms with Crippen molar-refractivity contribution in [3.8, 4) is 0 Å². The zero-order valence-electron chi connectivity index (χ0n) is 14.4. The molecule has 0 aliphatic rings. The van der Waals surface area contributed by atoms with Gasteiger partial charge in [0, 0.05) is 19.3 Å². The van der Waals surface area contributed by atoms with Crippen molar-refractivity contribution in [1.82, 2.24) is 15.6 Å². The van der Waals surface area contributed by atoms with Crippen LogP contribution in [0.15, 0.2) is 23.3 Å². The van der Waals surface area contributed by atoms with Gasteiger partial charge in [0.05, 0.1) is 17.8 Å². The predicted octanol–water partition coefficient (Wildman–Crippen LogP) is 2.61. The Bertz CT molecular complexity index is 487. The van der Waals surface area contributed by atoms with Crippen molar-refractivity contribution < 1.29 is 9.50 Å². The summed E-state index contributed by atoms with van der Waals surface area (Å²) in [6, 6.07) is 2.93. The van der Waals surface area contributed by atoms with Crippen molar-refractivity contribution >= 4 is 5.96 Å². The number of guanidine groups is 1. The maximum atomic E-state index is 13.6.